The number of hydrogen-bond acceptors (Lipinski definition) is 4. The number of rotatable bonds is 0. The van der Waals surface area contributed by atoms with E-state index in [0.29, 0.717) is 33.0 Å². The molecule has 0 saturated heterocycles. The zero-order valence-electron chi connectivity index (χ0n) is 17.6. The van der Waals surface area contributed by atoms with Crippen LogP contribution in [-0.2, 0) is 25.8 Å². The summed E-state index contributed by atoms with van der Waals surface area (Å²) in [4.78, 5) is 37.1. The average molecular weight is 602 g/mol. The first-order valence-electron chi connectivity index (χ1n) is 10.3. The third kappa shape index (κ3) is 2.53. The molecule has 0 atom stereocenters. The zero-order chi connectivity index (χ0) is 22.3. The largest absolute Gasteiger partial charge is 2.00 e. The maximum absolute atomic E-state index is 12.4. The molecule has 7 rings (SSSR count). The van der Waals surface area contributed by atoms with E-state index in [2.05, 4.69) is 5.32 Å². The minimum atomic E-state index is -0.654. The summed E-state index contributed by atoms with van der Waals surface area (Å²) in [5.41, 5.74) is 1.67. The van der Waals surface area contributed by atoms with Crippen LogP contribution in [0.5, 0.6) is 0 Å². The van der Waals surface area contributed by atoms with Crippen LogP contribution in [0.25, 0.3) is 53.8 Å². The monoisotopic (exact) mass is 602 g/mol. The van der Waals surface area contributed by atoms with Crippen LogP contribution in [-0.4, -0.2) is 23.7 Å². The second kappa shape index (κ2) is 7.19. The summed E-state index contributed by atoms with van der Waals surface area (Å²) in [6, 6.07) is 14.2. The van der Waals surface area contributed by atoms with E-state index >= 15 is 0 Å². The molecule has 158 valence electrons. The zero-order valence-corrected chi connectivity index (χ0v) is 20.5. The SMILES string of the molecule is CC.[N-]=C1[N-]C(=O)c2ccc3c4ccc5c6c(ccc(c7ccc1c2c73)c64)C(=O)OC5=O.[W+2]. The number of benzene rings is 5. The number of carbonyl (C=O) groups excluding carboxylic acids is 3. The number of esters is 2. The number of cyclic esters (lactones) is 2. The molecule has 33 heavy (non-hydrogen) atoms. The standard InChI is InChI=1S/C24H9N2O4.C2H6.W/c25-21-13-5-1-9-11-3-7-15-20-16(24(29)30-23(15)28)8-4-12(18(11)20)10-2-6-14(22(27)26-21)19(13)17(9)10;1-2;/h1-8H,(H-,25,26,27);1-2H3;/q-1;;+2/p-1. The van der Waals surface area contributed by atoms with E-state index in [1.54, 1.807) is 24.3 Å². The molecular formula is C26H14N2O4W. The second-order valence-electron chi connectivity index (χ2n) is 7.56. The van der Waals surface area contributed by atoms with Crippen LogP contribution in [0.3, 0.4) is 0 Å². The Balaban J connectivity index is 0.000000742. The van der Waals surface area contributed by atoms with E-state index < -0.39 is 17.8 Å². The number of hydrogen-bond donors (Lipinski definition) is 0. The molecule has 5 aromatic rings. The Morgan fingerprint density at radius 1 is 0.606 bits per heavy atom. The number of nitrogens with zero attached hydrogens (tertiary/aromatic N) is 2. The number of carbonyl (C=O) groups is 3. The molecule has 5 aromatic carbocycles. The van der Waals surface area contributed by atoms with Crippen molar-refractivity contribution in [2.24, 2.45) is 0 Å². The van der Waals surface area contributed by atoms with Crippen LogP contribution in [0, 0.1) is 0 Å². The van der Waals surface area contributed by atoms with Gasteiger partial charge in [-0.3, -0.25) is 5.84 Å². The van der Waals surface area contributed by atoms with Gasteiger partial charge >= 0.3 is 33.0 Å². The fourth-order valence-electron chi connectivity index (χ4n) is 5.00. The topological polar surface area (TPSA) is 96.8 Å². The van der Waals surface area contributed by atoms with Crippen molar-refractivity contribution in [2.75, 3.05) is 0 Å². The first kappa shape index (κ1) is 21.2. The van der Waals surface area contributed by atoms with Crippen LogP contribution in [0.15, 0.2) is 48.5 Å². The van der Waals surface area contributed by atoms with E-state index in [-0.39, 0.29) is 26.9 Å². The Kier molecular flexibility index (Phi) is 4.62. The maximum Gasteiger partial charge on any atom is 2.00 e. The van der Waals surface area contributed by atoms with Gasteiger partial charge in [0.1, 0.15) is 0 Å². The Morgan fingerprint density at radius 2 is 1.00 bits per heavy atom. The molecule has 0 saturated carbocycles. The van der Waals surface area contributed by atoms with Gasteiger partial charge < -0.3 is 20.3 Å². The molecule has 6 nitrogen and oxygen atoms in total. The van der Waals surface area contributed by atoms with Crippen LogP contribution in [0.2, 0.25) is 0 Å². The van der Waals surface area contributed by atoms with Gasteiger partial charge in [-0.1, -0.05) is 55.8 Å². The molecule has 2 aliphatic heterocycles. The average Bonchev–Trinajstić information content (AvgIpc) is 2.81. The summed E-state index contributed by atoms with van der Waals surface area (Å²) in [6.45, 7) is 4.00. The molecule has 0 aromatic heterocycles. The van der Waals surface area contributed by atoms with Gasteiger partial charge in [-0.05, 0) is 49.8 Å². The molecule has 0 N–H and O–H groups in total. The maximum atomic E-state index is 12.4. The molecular weight excluding hydrogens is 588 g/mol. The molecule has 0 aliphatic carbocycles. The summed E-state index contributed by atoms with van der Waals surface area (Å²) < 4.78 is 4.88. The second-order valence-corrected chi connectivity index (χ2v) is 7.56. The van der Waals surface area contributed by atoms with Gasteiger partial charge in [-0.25, -0.2) is 9.59 Å². The van der Waals surface area contributed by atoms with Crippen LogP contribution in [0.1, 0.15) is 50.5 Å². The van der Waals surface area contributed by atoms with Gasteiger partial charge in [-0.2, -0.15) is 0 Å². The van der Waals surface area contributed by atoms with Crippen molar-refractivity contribution in [1.82, 2.24) is 0 Å². The summed E-state index contributed by atoms with van der Waals surface area (Å²) in [5.74, 6) is -2.08. The Morgan fingerprint density at radius 3 is 1.48 bits per heavy atom. The van der Waals surface area contributed by atoms with Crippen molar-refractivity contribution >= 4 is 66.8 Å². The molecule has 1 amide bonds. The van der Waals surface area contributed by atoms with Crippen molar-refractivity contribution < 1.29 is 40.2 Å². The van der Waals surface area contributed by atoms with Crippen molar-refractivity contribution in [1.29, 1.82) is 0 Å². The van der Waals surface area contributed by atoms with Crippen LogP contribution < -0.4 is 0 Å². The molecule has 0 bridgehead atoms. The molecule has 0 radical (unpaired) electrons. The quantitative estimate of drug-likeness (QED) is 0.0953. The Labute approximate surface area is 202 Å². The number of amidine groups is 1. The molecule has 2 aliphatic rings. The van der Waals surface area contributed by atoms with Crippen LogP contribution >= 0.6 is 0 Å². The normalized spacial score (nSPS) is 14.2. The molecule has 0 fully saturated rings. The van der Waals surface area contributed by atoms with Gasteiger partial charge in [-0.15, -0.1) is 0 Å². The van der Waals surface area contributed by atoms with E-state index in [4.69, 9.17) is 4.74 Å². The third-order valence-corrected chi connectivity index (χ3v) is 6.21. The smallest absolute Gasteiger partial charge is 0.824 e. The first-order chi connectivity index (χ1) is 15.5. The number of ether oxygens (including phenoxy) is 1. The summed E-state index contributed by atoms with van der Waals surface area (Å²) in [6.07, 6.45) is 0. The van der Waals surface area contributed by atoms with E-state index in [9.17, 15) is 19.8 Å². The minimum absolute atomic E-state index is 0. The Bertz CT molecular complexity index is 1480. The summed E-state index contributed by atoms with van der Waals surface area (Å²) in [7, 11) is 0. The van der Waals surface area contributed by atoms with Gasteiger partial charge in [0.25, 0.3) is 0 Å². The van der Waals surface area contributed by atoms with Crippen molar-refractivity contribution in [2.45, 2.75) is 13.8 Å². The molecule has 2 heterocycles. The third-order valence-electron chi connectivity index (χ3n) is 6.21. The minimum Gasteiger partial charge on any atom is -0.824 e. The van der Waals surface area contributed by atoms with E-state index in [1.807, 2.05) is 38.1 Å². The predicted molar refractivity (Wildman–Crippen MR) is 124 cm³/mol. The van der Waals surface area contributed by atoms with Crippen molar-refractivity contribution in [3.8, 4) is 0 Å². The van der Waals surface area contributed by atoms with E-state index in [1.165, 1.54) is 0 Å². The fraction of sp³-hybridized carbons (Fsp3) is 0.0769. The number of amides is 1. The van der Waals surface area contributed by atoms with Gasteiger partial charge in [0, 0.05) is 10.9 Å². The molecule has 0 spiro atoms. The molecule has 0 unspecified atom stereocenters. The van der Waals surface area contributed by atoms with Crippen LogP contribution in [0.4, 0.5) is 0 Å². The van der Waals surface area contributed by atoms with Crippen molar-refractivity contribution in [3.63, 3.8) is 0 Å². The van der Waals surface area contributed by atoms with Crippen molar-refractivity contribution in [3.05, 3.63) is 81.5 Å². The predicted octanol–water partition coefficient (Wildman–Crippen LogP) is 5.92. The van der Waals surface area contributed by atoms with Gasteiger partial charge in [0.15, 0.2) is 0 Å². The van der Waals surface area contributed by atoms with Gasteiger partial charge in [0.2, 0.25) is 0 Å². The van der Waals surface area contributed by atoms with E-state index in [0.717, 1.165) is 32.3 Å². The van der Waals surface area contributed by atoms with Gasteiger partial charge in [0.05, 0.1) is 17.0 Å². The first-order valence-corrected chi connectivity index (χ1v) is 10.3. The number of fused-ring (bicyclic) bond motifs is 2. The fourth-order valence-corrected chi connectivity index (χ4v) is 5.00. The molecule has 7 heteroatoms. The Hall–Kier alpha value is -3.63. The summed E-state index contributed by atoms with van der Waals surface area (Å²) in [5, 5.41) is 20.4. The summed E-state index contributed by atoms with van der Waals surface area (Å²) >= 11 is 0.